The molecule has 0 bridgehead atoms. The monoisotopic (exact) mass is 421 g/mol. The molecule has 0 aromatic carbocycles. The fraction of sp³-hybridized carbons (Fsp3) is 0.650. The minimum absolute atomic E-state index is 0.310. The molecule has 1 saturated carbocycles. The number of aromatic nitrogens is 2. The Labute approximate surface area is 175 Å². The van der Waals surface area contributed by atoms with Crippen LogP contribution in [0.3, 0.4) is 0 Å². The zero-order valence-corrected chi connectivity index (χ0v) is 18.2. The molecule has 2 aromatic heterocycles. The van der Waals surface area contributed by atoms with E-state index in [-0.39, 0.29) is 0 Å². The van der Waals surface area contributed by atoms with Gasteiger partial charge in [0.05, 0.1) is 5.39 Å². The molecule has 2 aromatic rings. The Morgan fingerprint density at radius 2 is 2.00 bits per heavy atom. The molecule has 8 nitrogen and oxygen atoms in total. The predicted octanol–water partition coefficient (Wildman–Crippen LogP) is 3.00. The number of thiophene rings is 1. The van der Waals surface area contributed by atoms with E-state index in [0.717, 1.165) is 30.0 Å². The van der Waals surface area contributed by atoms with Crippen LogP contribution < -0.4 is 15.8 Å². The number of carbonyl (C=O) groups excluding carboxylic acids is 1. The number of nitrogens with two attached hydrogens (primary N) is 1. The summed E-state index contributed by atoms with van der Waals surface area (Å²) in [6, 6.07) is -0.0225. The van der Waals surface area contributed by atoms with Crippen LogP contribution in [0.15, 0.2) is 11.5 Å². The van der Waals surface area contributed by atoms with E-state index < -0.39 is 6.04 Å². The molecular weight excluding hydrogens is 390 g/mol. The minimum atomic E-state index is -0.676. The molecule has 0 unspecified atom stereocenters. The van der Waals surface area contributed by atoms with Gasteiger partial charge in [-0.15, -0.1) is 11.3 Å². The standard InChI is InChI=1S/C16H21N3OS.C3H5NO2.CH5N/c1-17-10-5-7-11(8-6-10)20-15-14-12-3-2-4-13(12)21-16(14)19-9-18-15;1-3(2-5)4-6;1-2/h9-11,17H,2-8H2,1H3;2-3H,1H3;2H2,1H3/t;3-;/m.0./s1. The number of carbonyl (C=O) groups is 1. The third kappa shape index (κ3) is 6.01. The van der Waals surface area contributed by atoms with E-state index in [1.165, 1.54) is 55.5 Å². The van der Waals surface area contributed by atoms with Gasteiger partial charge in [-0.1, -0.05) is 5.18 Å². The fourth-order valence-electron chi connectivity index (χ4n) is 3.64. The molecule has 4 rings (SSSR count). The quantitative estimate of drug-likeness (QED) is 0.562. The van der Waals surface area contributed by atoms with Crippen molar-refractivity contribution in [1.82, 2.24) is 15.3 Å². The van der Waals surface area contributed by atoms with Gasteiger partial charge in [0.25, 0.3) is 0 Å². The van der Waals surface area contributed by atoms with Gasteiger partial charge in [-0.2, -0.15) is 4.91 Å². The van der Waals surface area contributed by atoms with Crippen molar-refractivity contribution >= 4 is 27.8 Å². The van der Waals surface area contributed by atoms with E-state index in [2.05, 4.69) is 33.2 Å². The lowest BCUT2D eigenvalue weighted by Crippen LogP contribution is -2.34. The van der Waals surface area contributed by atoms with E-state index >= 15 is 0 Å². The summed E-state index contributed by atoms with van der Waals surface area (Å²) in [5.74, 6) is 0.826. The molecule has 2 heterocycles. The normalized spacial score (nSPS) is 21.1. The molecule has 0 amide bonds. The Kier molecular flexibility index (Phi) is 9.56. The van der Waals surface area contributed by atoms with E-state index in [1.54, 1.807) is 6.33 Å². The third-order valence-corrected chi connectivity index (χ3v) is 6.39. The van der Waals surface area contributed by atoms with Crippen LogP contribution in [0.1, 0.15) is 49.5 Å². The lowest BCUT2D eigenvalue weighted by atomic mass is 9.93. The summed E-state index contributed by atoms with van der Waals surface area (Å²) in [6.45, 7) is 1.43. The van der Waals surface area contributed by atoms with Crippen molar-refractivity contribution in [2.45, 2.75) is 70.1 Å². The fourth-order valence-corrected chi connectivity index (χ4v) is 4.86. The van der Waals surface area contributed by atoms with Gasteiger partial charge in [0.1, 0.15) is 29.6 Å². The van der Waals surface area contributed by atoms with Crippen LogP contribution in [0.2, 0.25) is 0 Å². The van der Waals surface area contributed by atoms with Crippen molar-refractivity contribution in [1.29, 1.82) is 0 Å². The van der Waals surface area contributed by atoms with Gasteiger partial charge < -0.3 is 20.6 Å². The van der Waals surface area contributed by atoms with Gasteiger partial charge in [-0.3, -0.25) is 0 Å². The van der Waals surface area contributed by atoms with Crippen LogP contribution in [-0.2, 0) is 17.6 Å². The highest BCUT2D eigenvalue weighted by atomic mass is 32.1. The maximum Gasteiger partial charge on any atom is 0.225 e. The van der Waals surface area contributed by atoms with E-state index in [1.807, 2.05) is 11.3 Å². The van der Waals surface area contributed by atoms with Crippen LogP contribution in [-0.4, -0.2) is 48.5 Å². The summed E-state index contributed by atoms with van der Waals surface area (Å²) in [5.41, 5.74) is 5.95. The summed E-state index contributed by atoms with van der Waals surface area (Å²) >= 11 is 1.83. The number of ether oxygens (including phenoxy) is 1. The van der Waals surface area contributed by atoms with E-state index in [4.69, 9.17) is 4.74 Å². The number of nitrogens with one attached hydrogen (secondary N) is 1. The molecule has 9 heteroatoms. The summed E-state index contributed by atoms with van der Waals surface area (Å²) in [4.78, 5) is 30.2. The van der Waals surface area contributed by atoms with Gasteiger partial charge in [0.15, 0.2) is 0 Å². The van der Waals surface area contributed by atoms with Crippen LogP contribution in [0.4, 0.5) is 0 Å². The number of fused-ring (bicyclic) bond motifs is 3. The van der Waals surface area contributed by atoms with Crippen molar-refractivity contribution < 1.29 is 9.53 Å². The van der Waals surface area contributed by atoms with Crippen LogP contribution in [0, 0.1) is 4.91 Å². The number of nitrogens with zero attached hydrogens (tertiary/aromatic N) is 3. The van der Waals surface area contributed by atoms with Crippen molar-refractivity contribution in [3.63, 3.8) is 0 Å². The Bertz CT molecular complexity index is 782. The predicted molar refractivity (Wildman–Crippen MR) is 117 cm³/mol. The molecule has 1 atom stereocenters. The summed E-state index contributed by atoms with van der Waals surface area (Å²) in [6.07, 6.45) is 10.7. The molecule has 0 aliphatic heterocycles. The topological polar surface area (TPSA) is 120 Å². The SMILES string of the molecule is CN.CNC1CCC(Oc2ncnc3sc4c(c23)CCC4)CC1.C[C@@H](C=O)N=O. The van der Waals surface area contributed by atoms with E-state index in [9.17, 15) is 9.70 Å². The highest BCUT2D eigenvalue weighted by Gasteiger charge is 2.25. The number of rotatable bonds is 5. The lowest BCUT2D eigenvalue weighted by Gasteiger charge is -2.28. The number of hydrogen-bond acceptors (Lipinski definition) is 9. The number of aryl methyl sites for hydroxylation is 2. The summed E-state index contributed by atoms with van der Waals surface area (Å²) in [7, 11) is 3.55. The summed E-state index contributed by atoms with van der Waals surface area (Å²) in [5, 5.41) is 6.96. The lowest BCUT2D eigenvalue weighted by molar-refractivity contribution is -0.108. The molecule has 160 valence electrons. The highest BCUT2D eigenvalue weighted by molar-refractivity contribution is 7.18. The Morgan fingerprint density at radius 3 is 2.59 bits per heavy atom. The van der Waals surface area contributed by atoms with Gasteiger partial charge in [-0.25, -0.2) is 9.97 Å². The first-order valence-corrected chi connectivity index (χ1v) is 10.9. The second kappa shape index (κ2) is 11.9. The van der Waals surface area contributed by atoms with Crippen molar-refractivity contribution in [2.24, 2.45) is 10.9 Å². The van der Waals surface area contributed by atoms with Crippen LogP contribution >= 0.6 is 11.3 Å². The molecule has 2 aliphatic rings. The maximum absolute atomic E-state index is 9.44. The van der Waals surface area contributed by atoms with Crippen molar-refractivity contribution in [2.75, 3.05) is 14.1 Å². The molecule has 0 radical (unpaired) electrons. The smallest absolute Gasteiger partial charge is 0.225 e. The molecule has 3 N–H and O–H groups in total. The number of aldehydes is 1. The first-order valence-electron chi connectivity index (χ1n) is 10.1. The Balaban J connectivity index is 0.000000325. The third-order valence-electron chi connectivity index (χ3n) is 5.19. The first kappa shape index (κ1) is 23.3. The summed E-state index contributed by atoms with van der Waals surface area (Å²) < 4.78 is 6.27. The van der Waals surface area contributed by atoms with Crippen molar-refractivity contribution in [3.05, 3.63) is 21.7 Å². The molecule has 29 heavy (non-hydrogen) atoms. The Hall–Kier alpha value is -1.97. The van der Waals surface area contributed by atoms with E-state index in [0.29, 0.717) is 18.4 Å². The molecule has 0 saturated heterocycles. The van der Waals surface area contributed by atoms with Gasteiger partial charge >= 0.3 is 0 Å². The maximum atomic E-state index is 9.44. The number of hydrogen-bond donors (Lipinski definition) is 2. The first-order chi connectivity index (χ1) is 14.2. The molecular formula is C20H31N5O3S. The zero-order chi connectivity index (χ0) is 21.2. The highest BCUT2D eigenvalue weighted by Crippen LogP contribution is 2.40. The molecule has 2 aliphatic carbocycles. The molecule has 1 fully saturated rings. The second-order valence-corrected chi connectivity index (χ2v) is 8.16. The average Bonchev–Trinajstić information content (AvgIpc) is 3.37. The zero-order valence-electron chi connectivity index (χ0n) is 17.4. The Morgan fingerprint density at radius 1 is 1.28 bits per heavy atom. The van der Waals surface area contributed by atoms with Gasteiger partial charge in [0.2, 0.25) is 5.88 Å². The average molecular weight is 422 g/mol. The minimum Gasteiger partial charge on any atom is -0.474 e. The van der Waals surface area contributed by atoms with Gasteiger partial charge in [-0.05, 0) is 71.5 Å². The van der Waals surface area contributed by atoms with Crippen LogP contribution in [0.25, 0.3) is 10.2 Å². The van der Waals surface area contributed by atoms with Gasteiger partial charge in [0, 0.05) is 10.9 Å². The number of nitroso groups, excluding NO2 is 1. The largest absolute Gasteiger partial charge is 0.474 e. The molecule has 0 spiro atoms. The van der Waals surface area contributed by atoms with Crippen LogP contribution in [0.5, 0.6) is 5.88 Å². The van der Waals surface area contributed by atoms with Crippen molar-refractivity contribution in [3.8, 4) is 5.88 Å². The second-order valence-electron chi connectivity index (χ2n) is 7.08.